The largest absolute Gasteiger partial charge is 0.381 e. The van der Waals surface area contributed by atoms with E-state index < -0.39 is 0 Å². The summed E-state index contributed by atoms with van der Waals surface area (Å²) in [6.45, 7) is 8.74. The fourth-order valence-corrected chi connectivity index (χ4v) is 2.42. The Kier molecular flexibility index (Phi) is 16.0. The van der Waals surface area contributed by atoms with Crippen molar-refractivity contribution >= 4 is 0 Å². The Hall–Kier alpha value is -0.0400. The molecule has 0 fully saturated rings. The van der Waals surface area contributed by atoms with Crippen LogP contribution in [0.2, 0.25) is 0 Å². The SMILES string of the molecule is CCCOCCCCCCCCCCCCC(C)C. The molecule has 0 N–H and O–H groups in total. The molecule has 0 bridgehead atoms. The molecule has 0 rings (SSSR count). The number of rotatable bonds is 15. The van der Waals surface area contributed by atoms with Crippen molar-refractivity contribution in [1.82, 2.24) is 0 Å². The van der Waals surface area contributed by atoms with Gasteiger partial charge < -0.3 is 4.74 Å². The lowest BCUT2D eigenvalue weighted by Crippen LogP contribution is -1.95. The average Bonchev–Trinajstić information content (AvgIpc) is 2.39. The first-order valence-electron chi connectivity index (χ1n) is 8.85. The third-order valence-electron chi connectivity index (χ3n) is 3.67. The molecule has 0 aliphatic heterocycles. The van der Waals surface area contributed by atoms with E-state index in [1.165, 1.54) is 70.6 Å². The van der Waals surface area contributed by atoms with Gasteiger partial charge in [0.25, 0.3) is 0 Å². The van der Waals surface area contributed by atoms with E-state index in [0.29, 0.717) is 0 Å². The maximum Gasteiger partial charge on any atom is 0.0466 e. The summed E-state index contributed by atoms with van der Waals surface area (Å²) in [7, 11) is 0. The first-order valence-corrected chi connectivity index (χ1v) is 8.85. The van der Waals surface area contributed by atoms with Gasteiger partial charge in [-0.3, -0.25) is 0 Å². The van der Waals surface area contributed by atoms with E-state index in [4.69, 9.17) is 4.74 Å². The minimum absolute atomic E-state index is 0.890. The van der Waals surface area contributed by atoms with E-state index in [1.807, 2.05) is 0 Å². The molecule has 0 aliphatic carbocycles. The summed E-state index contributed by atoms with van der Waals surface area (Å²) in [5.41, 5.74) is 0. The van der Waals surface area contributed by atoms with Crippen molar-refractivity contribution < 1.29 is 4.74 Å². The molecule has 116 valence electrons. The Balaban J connectivity index is 2.91. The molecule has 0 radical (unpaired) electrons. The fourth-order valence-electron chi connectivity index (χ4n) is 2.42. The highest BCUT2D eigenvalue weighted by atomic mass is 16.5. The molecule has 0 aliphatic rings. The third kappa shape index (κ3) is 18.0. The van der Waals surface area contributed by atoms with E-state index in [0.717, 1.165) is 25.6 Å². The summed E-state index contributed by atoms with van der Waals surface area (Å²) in [6.07, 6.45) is 16.7. The minimum atomic E-state index is 0.890. The molecule has 0 saturated heterocycles. The summed E-state index contributed by atoms with van der Waals surface area (Å²) in [5.74, 6) is 0.890. The summed E-state index contributed by atoms with van der Waals surface area (Å²) < 4.78 is 5.48. The van der Waals surface area contributed by atoms with Gasteiger partial charge in [0.15, 0.2) is 0 Å². The zero-order valence-electron chi connectivity index (χ0n) is 13.9. The van der Waals surface area contributed by atoms with E-state index in [2.05, 4.69) is 20.8 Å². The number of hydrogen-bond acceptors (Lipinski definition) is 1. The molecule has 0 aromatic heterocycles. The van der Waals surface area contributed by atoms with Crippen molar-refractivity contribution in [2.24, 2.45) is 5.92 Å². The summed E-state index contributed by atoms with van der Waals surface area (Å²) >= 11 is 0. The third-order valence-corrected chi connectivity index (χ3v) is 3.67. The van der Waals surface area contributed by atoms with Crippen LogP contribution in [0.5, 0.6) is 0 Å². The predicted molar refractivity (Wildman–Crippen MR) is 86.7 cm³/mol. The van der Waals surface area contributed by atoms with Crippen molar-refractivity contribution in [1.29, 1.82) is 0 Å². The van der Waals surface area contributed by atoms with E-state index >= 15 is 0 Å². The van der Waals surface area contributed by atoms with Crippen molar-refractivity contribution in [3.05, 3.63) is 0 Å². The molecular formula is C18H38O. The second kappa shape index (κ2) is 16.0. The van der Waals surface area contributed by atoms with Crippen LogP contribution in [-0.2, 0) is 4.74 Å². The van der Waals surface area contributed by atoms with Gasteiger partial charge in [0, 0.05) is 13.2 Å². The van der Waals surface area contributed by atoms with Crippen LogP contribution in [0.25, 0.3) is 0 Å². The lowest BCUT2D eigenvalue weighted by Gasteiger charge is -2.05. The molecule has 1 nitrogen and oxygen atoms in total. The Morgan fingerprint density at radius 2 is 1.11 bits per heavy atom. The van der Waals surface area contributed by atoms with Gasteiger partial charge in [-0.05, 0) is 18.8 Å². The van der Waals surface area contributed by atoms with Gasteiger partial charge in [0.2, 0.25) is 0 Å². The number of hydrogen-bond donors (Lipinski definition) is 0. The zero-order valence-corrected chi connectivity index (χ0v) is 13.9. The Bertz CT molecular complexity index is 154. The van der Waals surface area contributed by atoms with Crippen LogP contribution in [0.4, 0.5) is 0 Å². The average molecular weight is 271 g/mol. The van der Waals surface area contributed by atoms with Gasteiger partial charge >= 0.3 is 0 Å². The van der Waals surface area contributed by atoms with Gasteiger partial charge in [0.05, 0.1) is 0 Å². The van der Waals surface area contributed by atoms with E-state index in [1.54, 1.807) is 0 Å². The highest BCUT2D eigenvalue weighted by molar-refractivity contribution is 4.50. The van der Waals surface area contributed by atoms with Crippen LogP contribution in [0.15, 0.2) is 0 Å². The summed E-state index contributed by atoms with van der Waals surface area (Å²) in [4.78, 5) is 0. The number of unbranched alkanes of at least 4 members (excludes halogenated alkanes) is 9. The van der Waals surface area contributed by atoms with Crippen molar-refractivity contribution in [3.63, 3.8) is 0 Å². The Morgan fingerprint density at radius 3 is 1.58 bits per heavy atom. The molecular weight excluding hydrogens is 232 g/mol. The molecule has 0 aromatic rings. The normalized spacial score (nSPS) is 11.4. The van der Waals surface area contributed by atoms with Gasteiger partial charge in [-0.2, -0.15) is 0 Å². The van der Waals surface area contributed by atoms with E-state index in [-0.39, 0.29) is 0 Å². The Morgan fingerprint density at radius 1 is 0.632 bits per heavy atom. The first kappa shape index (κ1) is 19.0. The van der Waals surface area contributed by atoms with Gasteiger partial charge in [-0.15, -0.1) is 0 Å². The maximum atomic E-state index is 5.48. The predicted octanol–water partition coefficient (Wildman–Crippen LogP) is 6.36. The molecule has 0 aromatic carbocycles. The second-order valence-corrected chi connectivity index (χ2v) is 6.33. The molecule has 0 unspecified atom stereocenters. The minimum Gasteiger partial charge on any atom is -0.381 e. The lowest BCUT2D eigenvalue weighted by atomic mass is 10.0. The molecule has 0 saturated carbocycles. The zero-order chi connectivity index (χ0) is 14.2. The van der Waals surface area contributed by atoms with Crippen LogP contribution in [-0.4, -0.2) is 13.2 Å². The molecule has 0 atom stereocenters. The molecule has 1 heteroatoms. The Labute approximate surface area is 122 Å². The summed E-state index contributed by atoms with van der Waals surface area (Å²) in [5, 5.41) is 0. The van der Waals surface area contributed by atoms with Crippen molar-refractivity contribution in [2.45, 2.75) is 97.8 Å². The van der Waals surface area contributed by atoms with Crippen molar-refractivity contribution in [2.75, 3.05) is 13.2 Å². The smallest absolute Gasteiger partial charge is 0.0466 e. The van der Waals surface area contributed by atoms with Crippen LogP contribution >= 0.6 is 0 Å². The van der Waals surface area contributed by atoms with Crippen LogP contribution in [0.3, 0.4) is 0 Å². The lowest BCUT2D eigenvalue weighted by molar-refractivity contribution is 0.130. The van der Waals surface area contributed by atoms with Crippen LogP contribution in [0, 0.1) is 5.92 Å². The van der Waals surface area contributed by atoms with E-state index in [9.17, 15) is 0 Å². The highest BCUT2D eigenvalue weighted by Crippen LogP contribution is 2.13. The van der Waals surface area contributed by atoms with Gasteiger partial charge in [0.1, 0.15) is 0 Å². The van der Waals surface area contributed by atoms with Crippen LogP contribution in [0.1, 0.15) is 97.8 Å². The molecule has 19 heavy (non-hydrogen) atoms. The monoisotopic (exact) mass is 270 g/mol. The van der Waals surface area contributed by atoms with Gasteiger partial charge in [-0.25, -0.2) is 0 Å². The van der Waals surface area contributed by atoms with Crippen molar-refractivity contribution in [3.8, 4) is 0 Å². The standard InChI is InChI=1S/C18H38O/c1-4-16-19-17-14-12-10-8-6-5-7-9-11-13-15-18(2)3/h18H,4-17H2,1-3H3. The second-order valence-electron chi connectivity index (χ2n) is 6.33. The highest BCUT2D eigenvalue weighted by Gasteiger charge is 1.95. The first-order chi connectivity index (χ1) is 9.27. The molecule has 0 spiro atoms. The molecule has 0 heterocycles. The van der Waals surface area contributed by atoms with Crippen LogP contribution < -0.4 is 0 Å². The quantitative estimate of drug-likeness (QED) is 0.315. The fraction of sp³-hybridized carbons (Fsp3) is 1.00. The van der Waals surface area contributed by atoms with Gasteiger partial charge in [-0.1, -0.05) is 85.0 Å². The topological polar surface area (TPSA) is 9.23 Å². The summed E-state index contributed by atoms with van der Waals surface area (Å²) in [6, 6.07) is 0. The maximum absolute atomic E-state index is 5.48. The molecule has 0 amide bonds. The number of ether oxygens (including phenoxy) is 1.